The highest BCUT2D eigenvalue weighted by molar-refractivity contribution is 7.91. The number of rotatable bonds is 3. The highest BCUT2D eigenvalue weighted by atomic mass is 32.2. The molecule has 1 fully saturated rings. The lowest BCUT2D eigenvalue weighted by molar-refractivity contribution is 0.384. The van der Waals surface area contributed by atoms with Gasteiger partial charge in [0.2, 0.25) is 0 Å². The van der Waals surface area contributed by atoms with Crippen molar-refractivity contribution in [1.82, 2.24) is 10.3 Å². The van der Waals surface area contributed by atoms with E-state index in [1.54, 1.807) is 12.1 Å². The molecule has 5 nitrogen and oxygen atoms in total. The molecule has 0 saturated carbocycles. The van der Waals surface area contributed by atoms with Crippen LogP contribution >= 0.6 is 0 Å². The highest BCUT2D eigenvalue weighted by Gasteiger charge is 2.37. The number of nitrogens with zero attached hydrogens (tertiary/aromatic N) is 1. The van der Waals surface area contributed by atoms with Crippen LogP contribution in [-0.4, -0.2) is 35.6 Å². The first-order valence-electron chi connectivity index (χ1n) is 5.91. The predicted octanol–water partition coefficient (Wildman–Crippen LogP) is 0.762. The molecule has 0 amide bonds. The van der Waals surface area contributed by atoms with Crippen molar-refractivity contribution >= 4 is 9.84 Å². The Morgan fingerprint density at radius 1 is 1.50 bits per heavy atom. The van der Waals surface area contributed by atoms with Crippen molar-refractivity contribution in [3.63, 3.8) is 0 Å². The van der Waals surface area contributed by atoms with E-state index >= 15 is 0 Å². The Kier molecular flexibility index (Phi) is 3.33. The van der Waals surface area contributed by atoms with Gasteiger partial charge in [0.25, 0.3) is 0 Å². The molecule has 1 aliphatic heterocycles. The summed E-state index contributed by atoms with van der Waals surface area (Å²) in [6.07, 6.45) is 0.599. The SMILES string of the molecule is Cc1ccc(O)c(CNC2(C)CCS(=O)(=O)C2)n1. The Morgan fingerprint density at radius 3 is 2.83 bits per heavy atom. The van der Waals surface area contributed by atoms with Gasteiger partial charge >= 0.3 is 0 Å². The minimum Gasteiger partial charge on any atom is -0.506 e. The summed E-state index contributed by atoms with van der Waals surface area (Å²) >= 11 is 0. The van der Waals surface area contributed by atoms with E-state index in [2.05, 4.69) is 10.3 Å². The summed E-state index contributed by atoms with van der Waals surface area (Å²) in [6, 6.07) is 3.34. The Hall–Kier alpha value is -1.14. The average Bonchev–Trinajstić information content (AvgIpc) is 2.55. The molecular weight excluding hydrogens is 252 g/mol. The third-order valence-electron chi connectivity index (χ3n) is 3.28. The second-order valence-electron chi connectivity index (χ2n) is 5.17. The monoisotopic (exact) mass is 270 g/mol. The van der Waals surface area contributed by atoms with Crippen LogP contribution in [0.2, 0.25) is 0 Å². The summed E-state index contributed by atoms with van der Waals surface area (Å²) in [4.78, 5) is 4.24. The van der Waals surface area contributed by atoms with Gasteiger partial charge in [-0.2, -0.15) is 0 Å². The second-order valence-corrected chi connectivity index (χ2v) is 7.36. The molecule has 18 heavy (non-hydrogen) atoms. The van der Waals surface area contributed by atoms with Crippen LogP contribution in [0.25, 0.3) is 0 Å². The molecule has 0 aromatic carbocycles. The van der Waals surface area contributed by atoms with Crippen molar-refractivity contribution in [2.75, 3.05) is 11.5 Å². The molecule has 0 aliphatic carbocycles. The third kappa shape index (κ3) is 3.00. The maximum Gasteiger partial charge on any atom is 0.152 e. The van der Waals surface area contributed by atoms with Gasteiger partial charge in [-0.25, -0.2) is 8.42 Å². The molecule has 6 heteroatoms. The van der Waals surface area contributed by atoms with Crippen LogP contribution in [0.4, 0.5) is 0 Å². The van der Waals surface area contributed by atoms with Gasteiger partial charge in [0.1, 0.15) is 5.75 Å². The molecule has 2 heterocycles. The minimum absolute atomic E-state index is 0.137. The normalized spacial score (nSPS) is 26.3. The summed E-state index contributed by atoms with van der Waals surface area (Å²) in [6.45, 7) is 4.12. The van der Waals surface area contributed by atoms with E-state index in [1.807, 2.05) is 13.8 Å². The van der Waals surface area contributed by atoms with Gasteiger partial charge in [-0.15, -0.1) is 0 Å². The van der Waals surface area contributed by atoms with Crippen molar-refractivity contribution in [2.24, 2.45) is 0 Å². The number of pyridine rings is 1. The number of aryl methyl sites for hydroxylation is 1. The van der Waals surface area contributed by atoms with Crippen LogP contribution in [0, 0.1) is 6.92 Å². The van der Waals surface area contributed by atoms with Gasteiger partial charge in [0.05, 0.1) is 17.2 Å². The number of nitrogens with one attached hydrogen (secondary N) is 1. The molecule has 0 radical (unpaired) electrons. The van der Waals surface area contributed by atoms with Gasteiger partial charge < -0.3 is 10.4 Å². The molecule has 1 aliphatic rings. The van der Waals surface area contributed by atoms with E-state index in [-0.39, 0.29) is 17.3 Å². The molecule has 1 aromatic heterocycles. The maximum atomic E-state index is 11.5. The Labute approximate surface area is 107 Å². The molecule has 100 valence electrons. The lowest BCUT2D eigenvalue weighted by Gasteiger charge is -2.23. The van der Waals surface area contributed by atoms with Gasteiger partial charge in [-0.05, 0) is 32.4 Å². The highest BCUT2D eigenvalue weighted by Crippen LogP contribution is 2.24. The third-order valence-corrected chi connectivity index (χ3v) is 5.18. The van der Waals surface area contributed by atoms with Crippen molar-refractivity contribution < 1.29 is 13.5 Å². The van der Waals surface area contributed by atoms with E-state index in [4.69, 9.17) is 0 Å². The van der Waals surface area contributed by atoms with Gasteiger partial charge in [0.15, 0.2) is 9.84 Å². The Balaban J connectivity index is 2.06. The fourth-order valence-electron chi connectivity index (χ4n) is 2.18. The van der Waals surface area contributed by atoms with E-state index in [0.29, 0.717) is 18.7 Å². The second kappa shape index (κ2) is 4.51. The summed E-state index contributed by atoms with van der Waals surface area (Å²) < 4.78 is 22.9. The Bertz CT molecular complexity index is 556. The van der Waals surface area contributed by atoms with Crippen LogP contribution < -0.4 is 5.32 Å². The minimum atomic E-state index is -2.92. The number of aromatic hydroxyl groups is 1. The van der Waals surface area contributed by atoms with Crippen LogP contribution in [0.3, 0.4) is 0 Å². The quantitative estimate of drug-likeness (QED) is 0.848. The fourth-order valence-corrected chi connectivity index (χ4v) is 4.30. The van der Waals surface area contributed by atoms with Crippen molar-refractivity contribution in [3.8, 4) is 5.75 Å². The summed E-state index contributed by atoms with van der Waals surface area (Å²) in [5, 5.41) is 12.9. The lowest BCUT2D eigenvalue weighted by atomic mass is 10.0. The zero-order chi connectivity index (χ0) is 13.4. The maximum absolute atomic E-state index is 11.5. The van der Waals surface area contributed by atoms with Crippen LogP contribution in [0.1, 0.15) is 24.7 Å². The standard InChI is InChI=1S/C12H18N2O3S/c1-9-3-4-11(15)10(14-9)7-13-12(2)5-6-18(16,17)8-12/h3-4,13,15H,5-8H2,1-2H3. The Morgan fingerprint density at radius 2 is 2.22 bits per heavy atom. The van der Waals surface area contributed by atoms with Crippen molar-refractivity contribution in [1.29, 1.82) is 0 Å². The number of sulfone groups is 1. The van der Waals surface area contributed by atoms with Crippen molar-refractivity contribution in [2.45, 2.75) is 32.4 Å². The molecule has 0 bridgehead atoms. The summed E-state index contributed by atoms with van der Waals surface area (Å²) in [7, 11) is -2.92. The van der Waals surface area contributed by atoms with Gasteiger partial charge in [0, 0.05) is 17.8 Å². The predicted molar refractivity (Wildman–Crippen MR) is 69.2 cm³/mol. The number of hydrogen-bond acceptors (Lipinski definition) is 5. The molecule has 1 unspecified atom stereocenters. The van der Waals surface area contributed by atoms with E-state index in [9.17, 15) is 13.5 Å². The molecule has 1 atom stereocenters. The number of hydrogen-bond donors (Lipinski definition) is 2. The molecule has 1 saturated heterocycles. The zero-order valence-corrected chi connectivity index (χ0v) is 11.4. The van der Waals surface area contributed by atoms with Crippen molar-refractivity contribution in [3.05, 3.63) is 23.5 Å². The lowest BCUT2D eigenvalue weighted by Crippen LogP contribution is -2.43. The summed E-state index contributed by atoms with van der Waals surface area (Å²) in [5.74, 6) is 0.508. The number of aromatic nitrogens is 1. The topological polar surface area (TPSA) is 79.3 Å². The molecular formula is C12H18N2O3S. The van der Waals surface area contributed by atoms with Crippen LogP contribution in [-0.2, 0) is 16.4 Å². The van der Waals surface area contributed by atoms with Gasteiger partial charge in [-0.3, -0.25) is 4.98 Å². The van der Waals surface area contributed by atoms with E-state index in [0.717, 1.165) is 5.69 Å². The van der Waals surface area contributed by atoms with E-state index < -0.39 is 15.4 Å². The molecule has 2 rings (SSSR count). The largest absolute Gasteiger partial charge is 0.506 e. The van der Waals surface area contributed by atoms with Crippen LogP contribution in [0.15, 0.2) is 12.1 Å². The molecule has 1 aromatic rings. The molecule has 0 spiro atoms. The fraction of sp³-hybridized carbons (Fsp3) is 0.583. The smallest absolute Gasteiger partial charge is 0.152 e. The zero-order valence-electron chi connectivity index (χ0n) is 10.6. The van der Waals surface area contributed by atoms with Crippen LogP contribution in [0.5, 0.6) is 5.75 Å². The van der Waals surface area contributed by atoms with Gasteiger partial charge in [-0.1, -0.05) is 0 Å². The first kappa shape index (κ1) is 13.3. The van der Waals surface area contributed by atoms with E-state index in [1.165, 1.54) is 0 Å². The first-order valence-corrected chi connectivity index (χ1v) is 7.73. The first-order chi connectivity index (χ1) is 8.30. The summed E-state index contributed by atoms with van der Waals surface area (Å²) in [5.41, 5.74) is 0.964. The molecule has 2 N–H and O–H groups in total. The average molecular weight is 270 g/mol.